The number of nitrogens with zero attached hydrogens (tertiary/aromatic N) is 1. The van der Waals surface area contributed by atoms with Crippen molar-refractivity contribution in [1.29, 1.82) is 0 Å². The molecule has 0 spiro atoms. The first-order chi connectivity index (χ1) is 8.99. The highest BCUT2D eigenvalue weighted by Gasteiger charge is 2.31. The Bertz CT molecular complexity index is 442. The van der Waals surface area contributed by atoms with E-state index in [9.17, 15) is 9.90 Å². The van der Waals surface area contributed by atoms with Crippen LogP contribution < -0.4 is 0 Å². The largest absolute Gasteiger partial charge is 0.391 e. The summed E-state index contributed by atoms with van der Waals surface area (Å²) in [7, 11) is 1.77. The predicted octanol–water partition coefficient (Wildman–Crippen LogP) is 2.78. The Morgan fingerprint density at radius 1 is 1.42 bits per heavy atom. The Morgan fingerprint density at radius 2 is 2.00 bits per heavy atom. The van der Waals surface area contributed by atoms with Gasteiger partial charge in [-0.15, -0.1) is 0 Å². The summed E-state index contributed by atoms with van der Waals surface area (Å²) in [5, 5.41) is 9.90. The molecule has 104 valence electrons. The Balaban J connectivity index is 1.95. The zero-order chi connectivity index (χ0) is 14.0. The van der Waals surface area contributed by atoms with E-state index in [4.69, 9.17) is 0 Å². The summed E-state index contributed by atoms with van der Waals surface area (Å²) in [6.07, 6.45) is 1.81. The Kier molecular flexibility index (Phi) is 4.63. The molecule has 1 aliphatic rings. The number of halogens is 1. The van der Waals surface area contributed by atoms with Gasteiger partial charge in [0.2, 0.25) is 5.91 Å². The first-order valence-corrected chi connectivity index (χ1v) is 7.47. The molecular formula is C15H20BrNO2. The van der Waals surface area contributed by atoms with Crippen LogP contribution in [0.3, 0.4) is 0 Å². The van der Waals surface area contributed by atoms with E-state index in [2.05, 4.69) is 15.9 Å². The summed E-state index contributed by atoms with van der Waals surface area (Å²) in [5.41, 5.74) is 1.00. The van der Waals surface area contributed by atoms with Crippen LogP contribution in [0.1, 0.15) is 31.2 Å². The van der Waals surface area contributed by atoms with Gasteiger partial charge in [-0.2, -0.15) is 0 Å². The summed E-state index contributed by atoms with van der Waals surface area (Å²) in [6, 6.07) is 7.80. The molecule has 2 unspecified atom stereocenters. The zero-order valence-electron chi connectivity index (χ0n) is 11.3. The summed E-state index contributed by atoms with van der Waals surface area (Å²) < 4.78 is 1.01. The second-order valence-electron chi connectivity index (χ2n) is 5.40. The smallest absolute Gasteiger partial charge is 0.229 e. The molecule has 1 aliphatic carbocycles. The van der Waals surface area contributed by atoms with E-state index in [1.54, 1.807) is 11.9 Å². The van der Waals surface area contributed by atoms with Crippen LogP contribution in [-0.2, 0) is 4.79 Å². The fourth-order valence-corrected chi connectivity index (χ4v) is 2.49. The molecule has 0 aromatic heterocycles. The number of amides is 1. The fourth-order valence-electron chi connectivity index (χ4n) is 2.23. The maximum Gasteiger partial charge on any atom is 0.229 e. The van der Waals surface area contributed by atoms with Crippen LogP contribution in [0, 0.1) is 5.92 Å². The molecule has 0 bridgehead atoms. The maximum atomic E-state index is 12.3. The van der Waals surface area contributed by atoms with E-state index in [0.717, 1.165) is 22.9 Å². The lowest BCUT2D eigenvalue weighted by molar-refractivity contribution is -0.132. The third-order valence-corrected chi connectivity index (χ3v) is 4.27. The third-order valence-electron chi connectivity index (χ3n) is 3.74. The molecule has 2 rings (SSSR count). The van der Waals surface area contributed by atoms with Gasteiger partial charge in [0.25, 0.3) is 0 Å². The second kappa shape index (κ2) is 6.06. The number of carbonyl (C=O) groups excluding carboxylic acids is 1. The van der Waals surface area contributed by atoms with Gasteiger partial charge in [-0.25, -0.2) is 0 Å². The predicted molar refractivity (Wildman–Crippen MR) is 78.9 cm³/mol. The summed E-state index contributed by atoms with van der Waals surface area (Å²) in [4.78, 5) is 14.0. The van der Waals surface area contributed by atoms with Crippen LogP contribution in [0.2, 0.25) is 0 Å². The number of aliphatic hydroxyl groups is 1. The van der Waals surface area contributed by atoms with Crippen LogP contribution in [0.25, 0.3) is 0 Å². The van der Waals surface area contributed by atoms with Crippen LogP contribution in [0.15, 0.2) is 28.7 Å². The average Bonchev–Trinajstić information content (AvgIpc) is 3.22. The number of likely N-dealkylation sites (N-methyl/N-ethyl adjacent to an activating group) is 1. The molecule has 0 aliphatic heterocycles. The van der Waals surface area contributed by atoms with Crippen LogP contribution >= 0.6 is 15.9 Å². The van der Waals surface area contributed by atoms with Gasteiger partial charge in [0.1, 0.15) is 0 Å². The topological polar surface area (TPSA) is 40.5 Å². The van der Waals surface area contributed by atoms with Crippen molar-refractivity contribution in [2.75, 3.05) is 13.6 Å². The summed E-state index contributed by atoms with van der Waals surface area (Å²) >= 11 is 3.39. The first kappa shape index (κ1) is 14.5. The minimum Gasteiger partial charge on any atom is -0.391 e. The molecule has 1 saturated carbocycles. The lowest BCUT2D eigenvalue weighted by atomic mass is 10.00. The molecule has 3 nitrogen and oxygen atoms in total. The number of hydrogen-bond acceptors (Lipinski definition) is 2. The van der Waals surface area contributed by atoms with Gasteiger partial charge in [-0.3, -0.25) is 4.79 Å². The van der Waals surface area contributed by atoms with Crippen molar-refractivity contribution in [3.63, 3.8) is 0 Å². The number of carbonyl (C=O) groups is 1. The molecule has 1 amide bonds. The van der Waals surface area contributed by atoms with Gasteiger partial charge in [-0.05, 0) is 43.4 Å². The highest BCUT2D eigenvalue weighted by atomic mass is 79.9. The number of aliphatic hydroxyl groups excluding tert-OH is 1. The molecule has 1 aromatic carbocycles. The van der Waals surface area contributed by atoms with E-state index in [1.807, 2.05) is 31.2 Å². The molecule has 1 fully saturated rings. The molecule has 1 N–H and O–H groups in total. The molecule has 0 saturated heterocycles. The molecule has 0 heterocycles. The normalized spacial score (nSPS) is 17.9. The third kappa shape index (κ3) is 3.80. The Morgan fingerprint density at radius 3 is 2.53 bits per heavy atom. The van der Waals surface area contributed by atoms with Crippen molar-refractivity contribution in [3.8, 4) is 0 Å². The van der Waals surface area contributed by atoms with Gasteiger partial charge in [0, 0.05) is 18.1 Å². The molecular weight excluding hydrogens is 306 g/mol. The molecule has 19 heavy (non-hydrogen) atoms. The van der Waals surface area contributed by atoms with E-state index in [-0.39, 0.29) is 17.9 Å². The number of rotatable bonds is 5. The molecule has 1 aromatic rings. The molecule has 0 radical (unpaired) electrons. The lowest BCUT2D eigenvalue weighted by Gasteiger charge is -2.24. The lowest BCUT2D eigenvalue weighted by Crippen LogP contribution is -2.37. The van der Waals surface area contributed by atoms with E-state index in [0.29, 0.717) is 12.5 Å². The second-order valence-corrected chi connectivity index (χ2v) is 6.31. The van der Waals surface area contributed by atoms with Crippen molar-refractivity contribution in [2.45, 2.75) is 31.8 Å². The van der Waals surface area contributed by atoms with Gasteiger partial charge in [-0.1, -0.05) is 28.1 Å². The van der Waals surface area contributed by atoms with Crippen molar-refractivity contribution in [2.24, 2.45) is 5.92 Å². The quantitative estimate of drug-likeness (QED) is 0.904. The fraction of sp³-hybridized carbons (Fsp3) is 0.533. The van der Waals surface area contributed by atoms with Gasteiger partial charge >= 0.3 is 0 Å². The van der Waals surface area contributed by atoms with Crippen LogP contribution in [-0.4, -0.2) is 35.6 Å². The Labute approximate surface area is 122 Å². The average molecular weight is 326 g/mol. The molecule has 2 atom stereocenters. The standard InChI is InChI=1S/C15H20BrNO2/c1-10(11-5-7-13(16)8-6-11)15(19)17(2)9-14(18)12-3-4-12/h5-8,10,12,14,18H,3-4,9H2,1-2H3. The number of benzene rings is 1. The van der Waals surface area contributed by atoms with Crippen molar-refractivity contribution < 1.29 is 9.90 Å². The Hall–Kier alpha value is -0.870. The SMILES string of the molecule is CC(C(=O)N(C)CC(O)C1CC1)c1ccc(Br)cc1. The minimum atomic E-state index is -0.369. The first-order valence-electron chi connectivity index (χ1n) is 6.67. The van der Waals surface area contributed by atoms with Gasteiger partial charge in [0.05, 0.1) is 12.0 Å². The highest BCUT2D eigenvalue weighted by Crippen LogP contribution is 2.33. The summed E-state index contributed by atoms with van der Waals surface area (Å²) in [5.74, 6) is 0.282. The van der Waals surface area contributed by atoms with Crippen LogP contribution in [0.5, 0.6) is 0 Å². The van der Waals surface area contributed by atoms with Gasteiger partial charge in [0.15, 0.2) is 0 Å². The highest BCUT2D eigenvalue weighted by molar-refractivity contribution is 9.10. The van der Waals surface area contributed by atoms with Crippen LogP contribution in [0.4, 0.5) is 0 Å². The van der Waals surface area contributed by atoms with E-state index < -0.39 is 0 Å². The van der Waals surface area contributed by atoms with Crippen molar-refractivity contribution in [1.82, 2.24) is 4.90 Å². The van der Waals surface area contributed by atoms with E-state index >= 15 is 0 Å². The van der Waals surface area contributed by atoms with Crippen molar-refractivity contribution in [3.05, 3.63) is 34.3 Å². The zero-order valence-corrected chi connectivity index (χ0v) is 12.9. The summed E-state index contributed by atoms with van der Waals surface area (Å²) in [6.45, 7) is 2.34. The monoisotopic (exact) mass is 325 g/mol. The van der Waals surface area contributed by atoms with Crippen molar-refractivity contribution >= 4 is 21.8 Å². The number of hydrogen-bond donors (Lipinski definition) is 1. The maximum absolute atomic E-state index is 12.3. The minimum absolute atomic E-state index is 0.0574. The van der Waals surface area contributed by atoms with E-state index in [1.165, 1.54) is 0 Å². The van der Waals surface area contributed by atoms with Gasteiger partial charge < -0.3 is 10.0 Å². The molecule has 4 heteroatoms.